The summed E-state index contributed by atoms with van der Waals surface area (Å²) < 4.78 is 1.83. The summed E-state index contributed by atoms with van der Waals surface area (Å²) in [4.78, 5) is 16.4. The number of piperidine rings is 1. The summed E-state index contributed by atoms with van der Waals surface area (Å²) in [6.45, 7) is 2.75. The molecule has 0 radical (unpaired) electrons. The van der Waals surface area contributed by atoms with E-state index in [4.69, 9.17) is 0 Å². The molecule has 2 N–H and O–H groups in total. The molecule has 1 saturated carbocycles. The van der Waals surface area contributed by atoms with Gasteiger partial charge in [0.1, 0.15) is 0 Å². The van der Waals surface area contributed by atoms with E-state index in [9.17, 15) is 4.79 Å². The third-order valence-electron chi connectivity index (χ3n) is 5.10. The first-order valence-corrected chi connectivity index (χ1v) is 8.18. The van der Waals surface area contributed by atoms with Gasteiger partial charge in [0.2, 0.25) is 5.91 Å². The summed E-state index contributed by atoms with van der Waals surface area (Å²) in [6.07, 6.45) is 10.4. The standard InChI is InChI=1S/C17H21N5O/c23-16(15-9-17(15)3-7-19-8-4-17)21-14-10-20-22(12-14)11-13-1-5-18-6-2-13/h1-2,5-6,10,12,15,19H,3-4,7-9,11H2,(H,21,23). The van der Waals surface area contributed by atoms with Crippen LogP contribution in [-0.4, -0.2) is 33.8 Å². The SMILES string of the molecule is O=C(Nc1cnn(Cc2ccncc2)c1)C1CC12CCNCC2. The van der Waals surface area contributed by atoms with Crippen molar-refractivity contribution in [2.75, 3.05) is 18.4 Å². The van der Waals surface area contributed by atoms with Crippen LogP contribution in [0.25, 0.3) is 0 Å². The first-order chi connectivity index (χ1) is 11.3. The molecule has 120 valence electrons. The molecule has 23 heavy (non-hydrogen) atoms. The Hall–Kier alpha value is -2.21. The molecule has 1 spiro atoms. The predicted molar refractivity (Wildman–Crippen MR) is 86.8 cm³/mol. The highest BCUT2D eigenvalue weighted by Gasteiger charge is 2.57. The number of amides is 1. The molecule has 6 heteroatoms. The van der Waals surface area contributed by atoms with Crippen LogP contribution in [0.3, 0.4) is 0 Å². The zero-order valence-electron chi connectivity index (χ0n) is 13.0. The monoisotopic (exact) mass is 311 g/mol. The molecule has 2 fully saturated rings. The summed E-state index contributed by atoms with van der Waals surface area (Å²) in [5, 5.41) is 10.7. The molecule has 1 saturated heterocycles. The summed E-state index contributed by atoms with van der Waals surface area (Å²) in [7, 11) is 0. The highest BCUT2D eigenvalue weighted by Crippen LogP contribution is 2.58. The van der Waals surface area contributed by atoms with Crippen molar-refractivity contribution in [1.82, 2.24) is 20.1 Å². The van der Waals surface area contributed by atoms with Gasteiger partial charge < -0.3 is 10.6 Å². The van der Waals surface area contributed by atoms with E-state index in [1.165, 1.54) is 0 Å². The Morgan fingerprint density at radius 2 is 2.13 bits per heavy atom. The molecule has 1 atom stereocenters. The maximum Gasteiger partial charge on any atom is 0.228 e. The second-order valence-electron chi connectivity index (χ2n) is 6.64. The van der Waals surface area contributed by atoms with Crippen molar-refractivity contribution in [3.63, 3.8) is 0 Å². The van der Waals surface area contributed by atoms with Crippen molar-refractivity contribution in [3.05, 3.63) is 42.5 Å². The molecule has 0 bridgehead atoms. The van der Waals surface area contributed by atoms with E-state index >= 15 is 0 Å². The van der Waals surface area contributed by atoms with E-state index in [0.717, 1.165) is 43.6 Å². The number of pyridine rings is 1. The van der Waals surface area contributed by atoms with Crippen molar-refractivity contribution in [2.24, 2.45) is 11.3 Å². The van der Waals surface area contributed by atoms with Crippen molar-refractivity contribution in [1.29, 1.82) is 0 Å². The number of anilines is 1. The second kappa shape index (κ2) is 5.77. The fourth-order valence-electron chi connectivity index (χ4n) is 3.61. The predicted octanol–water partition coefficient (Wildman–Crippen LogP) is 1.65. The molecule has 2 aromatic heterocycles. The highest BCUT2D eigenvalue weighted by molar-refractivity contribution is 5.94. The van der Waals surface area contributed by atoms with Gasteiger partial charge in [0.25, 0.3) is 0 Å². The minimum Gasteiger partial charge on any atom is -0.323 e. The Balaban J connectivity index is 1.36. The van der Waals surface area contributed by atoms with Gasteiger partial charge in [0, 0.05) is 24.5 Å². The largest absolute Gasteiger partial charge is 0.323 e. The van der Waals surface area contributed by atoms with Crippen LogP contribution in [0, 0.1) is 11.3 Å². The van der Waals surface area contributed by atoms with Gasteiger partial charge in [-0.05, 0) is 55.5 Å². The van der Waals surface area contributed by atoms with E-state index in [-0.39, 0.29) is 17.2 Å². The van der Waals surface area contributed by atoms with E-state index < -0.39 is 0 Å². The first-order valence-electron chi connectivity index (χ1n) is 8.18. The summed E-state index contributed by atoms with van der Waals surface area (Å²) in [5.74, 6) is 0.323. The Morgan fingerprint density at radius 3 is 2.91 bits per heavy atom. The molecule has 2 aliphatic rings. The summed E-state index contributed by atoms with van der Waals surface area (Å²) >= 11 is 0. The van der Waals surface area contributed by atoms with Gasteiger partial charge in [0.15, 0.2) is 0 Å². The Bertz CT molecular complexity index is 690. The van der Waals surface area contributed by atoms with Crippen LogP contribution in [0.5, 0.6) is 0 Å². The van der Waals surface area contributed by atoms with Gasteiger partial charge >= 0.3 is 0 Å². The number of hydrogen-bond donors (Lipinski definition) is 2. The molecule has 0 aromatic carbocycles. The Morgan fingerprint density at radius 1 is 1.35 bits per heavy atom. The smallest absolute Gasteiger partial charge is 0.228 e. The maximum absolute atomic E-state index is 12.4. The molecular formula is C17H21N5O. The lowest BCUT2D eigenvalue weighted by Gasteiger charge is -2.23. The fourth-order valence-corrected chi connectivity index (χ4v) is 3.61. The van der Waals surface area contributed by atoms with Gasteiger partial charge in [-0.2, -0.15) is 5.10 Å². The molecule has 1 unspecified atom stereocenters. The van der Waals surface area contributed by atoms with E-state index in [1.54, 1.807) is 18.6 Å². The normalized spacial score (nSPS) is 22.0. The molecular weight excluding hydrogens is 290 g/mol. The lowest BCUT2D eigenvalue weighted by atomic mass is 9.92. The van der Waals surface area contributed by atoms with E-state index in [2.05, 4.69) is 20.7 Å². The van der Waals surface area contributed by atoms with Crippen LogP contribution >= 0.6 is 0 Å². The molecule has 1 aliphatic heterocycles. The number of hydrogen-bond acceptors (Lipinski definition) is 4. The molecule has 6 nitrogen and oxygen atoms in total. The van der Waals surface area contributed by atoms with Gasteiger partial charge in [-0.1, -0.05) is 0 Å². The maximum atomic E-state index is 12.4. The lowest BCUT2D eigenvalue weighted by molar-refractivity contribution is -0.118. The third kappa shape index (κ3) is 2.99. The minimum absolute atomic E-state index is 0.148. The molecule has 3 heterocycles. The quantitative estimate of drug-likeness (QED) is 0.901. The number of nitrogens with zero attached hydrogens (tertiary/aromatic N) is 3. The van der Waals surface area contributed by atoms with Gasteiger partial charge in [-0.3, -0.25) is 14.5 Å². The Labute approximate surface area is 135 Å². The fraction of sp³-hybridized carbons (Fsp3) is 0.471. The first kappa shape index (κ1) is 14.4. The average molecular weight is 311 g/mol. The van der Waals surface area contributed by atoms with Crippen LogP contribution < -0.4 is 10.6 Å². The zero-order valence-corrected chi connectivity index (χ0v) is 13.0. The van der Waals surface area contributed by atoms with Crippen LogP contribution in [0.15, 0.2) is 36.9 Å². The number of carbonyl (C=O) groups is 1. The molecule has 1 amide bonds. The number of rotatable bonds is 4. The third-order valence-corrected chi connectivity index (χ3v) is 5.10. The number of aromatic nitrogens is 3. The van der Waals surface area contributed by atoms with Crippen LogP contribution in [0.1, 0.15) is 24.8 Å². The topological polar surface area (TPSA) is 71.8 Å². The van der Waals surface area contributed by atoms with Crippen molar-refractivity contribution in [3.8, 4) is 0 Å². The van der Waals surface area contributed by atoms with Crippen LogP contribution in [-0.2, 0) is 11.3 Å². The van der Waals surface area contributed by atoms with Gasteiger partial charge in [-0.25, -0.2) is 0 Å². The van der Waals surface area contributed by atoms with E-state index in [1.807, 2.05) is 23.0 Å². The zero-order chi connectivity index (χ0) is 15.7. The number of carbonyl (C=O) groups excluding carboxylic acids is 1. The summed E-state index contributed by atoms with van der Waals surface area (Å²) in [6, 6.07) is 3.93. The number of nitrogens with one attached hydrogen (secondary N) is 2. The van der Waals surface area contributed by atoms with Crippen molar-refractivity contribution < 1.29 is 4.79 Å². The molecule has 4 rings (SSSR count). The van der Waals surface area contributed by atoms with Crippen LogP contribution in [0.4, 0.5) is 5.69 Å². The summed E-state index contributed by atoms with van der Waals surface area (Å²) in [5.41, 5.74) is 2.18. The molecule has 2 aromatic rings. The van der Waals surface area contributed by atoms with Crippen LogP contribution in [0.2, 0.25) is 0 Å². The van der Waals surface area contributed by atoms with E-state index in [0.29, 0.717) is 6.54 Å². The van der Waals surface area contributed by atoms with Gasteiger partial charge in [-0.15, -0.1) is 0 Å². The minimum atomic E-state index is 0.148. The van der Waals surface area contributed by atoms with Crippen molar-refractivity contribution >= 4 is 11.6 Å². The average Bonchev–Trinajstić information content (AvgIpc) is 3.08. The Kier molecular flexibility index (Phi) is 3.61. The second-order valence-corrected chi connectivity index (χ2v) is 6.64. The highest BCUT2D eigenvalue weighted by atomic mass is 16.2. The lowest BCUT2D eigenvalue weighted by Crippen LogP contribution is -2.31. The van der Waals surface area contributed by atoms with Gasteiger partial charge in [0.05, 0.1) is 18.4 Å². The molecule has 1 aliphatic carbocycles. The van der Waals surface area contributed by atoms with Crippen molar-refractivity contribution in [2.45, 2.75) is 25.8 Å².